The van der Waals surface area contributed by atoms with Gasteiger partial charge < -0.3 is 19.9 Å². The Morgan fingerprint density at radius 3 is 2.93 bits per heavy atom. The number of pyridine rings is 1. The Hall–Kier alpha value is -2.67. The van der Waals surface area contributed by atoms with Gasteiger partial charge in [-0.3, -0.25) is 0 Å². The summed E-state index contributed by atoms with van der Waals surface area (Å²) >= 11 is 0. The number of fused-ring (bicyclic) bond motifs is 4. The van der Waals surface area contributed by atoms with E-state index in [1.165, 1.54) is 6.20 Å². The molecule has 2 aromatic rings. The zero-order valence-corrected chi connectivity index (χ0v) is 14.9. The summed E-state index contributed by atoms with van der Waals surface area (Å²) in [5, 5.41) is 0. The average molecular weight is 369 g/mol. The highest BCUT2D eigenvalue weighted by Gasteiger charge is 2.62. The highest BCUT2D eigenvalue weighted by Crippen LogP contribution is 2.57. The van der Waals surface area contributed by atoms with Crippen LogP contribution in [0.2, 0.25) is 0 Å². The molecule has 27 heavy (non-hydrogen) atoms. The summed E-state index contributed by atoms with van der Waals surface area (Å²) in [5.74, 6) is 0.216. The Morgan fingerprint density at radius 2 is 2.15 bits per heavy atom. The fraction of sp³-hybridized carbons (Fsp3) is 0.400. The quantitative estimate of drug-likeness (QED) is 0.782. The van der Waals surface area contributed by atoms with Crippen molar-refractivity contribution < 1.29 is 18.6 Å². The Labute approximate surface area is 156 Å². The number of halogens is 1. The zero-order valence-electron chi connectivity index (χ0n) is 14.9. The molecule has 1 aromatic heterocycles. The molecule has 1 fully saturated rings. The zero-order chi connectivity index (χ0) is 18.6. The molecular formula is C20H20FN3O3. The van der Waals surface area contributed by atoms with Crippen LogP contribution in [0, 0.1) is 11.4 Å². The first-order chi connectivity index (χ1) is 13.0. The Bertz CT molecular complexity index is 950. The van der Waals surface area contributed by atoms with Crippen LogP contribution in [0.4, 0.5) is 4.39 Å². The van der Waals surface area contributed by atoms with Crippen molar-refractivity contribution in [3.8, 4) is 16.9 Å². The molecular weight excluding hydrogens is 349 g/mol. The average Bonchev–Trinajstić information content (AvgIpc) is 3.07. The summed E-state index contributed by atoms with van der Waals surface area (Å²) in [6.07, 6.45) is 2.15. The summed E-state index contributed by atoms with van der Waals surface area (Å²) in [5.41, 5.74) is 6.74. The minimum atomic E-state index is -0.732. The number of hydrogen-bond acceptors (Lipinski definition) is 6. The van der Waals surface area contributed by atoms with Gasteiger partial charge in [-0.25, -0.2) is 9.98 Å². The largest absolute Gasteiger partial charge is 0.489 e. The second kappa shape index (κ2) is 5.66. The number of amidine groups is 1. The van der Waals surface area contributed by atoms with Crippen molar-refractivity contribution in [2.75, 3.05) is 19.8 Å². The van der Waals surface area contributed by atoms with E-state index in [0.29, 0.717) is 30.9 Å². The van der Waals surface area contributed by atoms with Crippen molar-refractivity contribution in [3.63, 3.8) is 0 Å². The van der Waals surface area contributed by atoms with Crippen molar-refractivity contribution in [1.29, 1.82) is 0 Å². The van der Waals surface area contributed by atoms with E-state index in [4.69, 9.17) is 24.9 Å². The molecule has 0 saturated carbocycles. The van der Waals surface area contributed by atoms with E-state index in [2.05, 4.69) is 11.9 Å². The van der Waals surface area contributed by atoms with Gasteiger partial charge in [-0.05, 0) is 29.8 Å². The molecule has 1 saturated heterocycles. The first-order valence-electron chi connectivity index (χ1n) is 9.01. The van der Waals surface area contributed by atoms with Gasteiger partial charge >= 0.3 is 0 Å². The molecule has 4 heterocycles. The minimum absolute atomic E-state index is 0.0574. The second-order valence-electron chi connectivity index (χ2n) is 7.52. The number of ether oxygens (including phenoxy) is 3. The maximum absolute atomic E-state index is 14.2. The summed E-state index contributed by atoms with van der Waals surface area (Å²) in [4.78, 5) is 8.49. The van der Waals surface area contributed by atoms with Crippen LogP contribution < -0.4 is 10.5 Å². The first-order valence-corrected chi connectivity index (χ1v) is 9.01. The standard InChI is InChI=1S/C20H20FN3O3/c1-19-10-25-8-6-16(19)27-15-5-4-12(13-3-2-7-23-17(13)21)9-14(15)20(19)11-26-18(22)24-20/h2-5,7,9,16H,6,8,10-11H2,1H3,(H2,22,24). The van der Waals surface area contributed by atoms with Crippen LogP contribution in [0.15, 0.2) is 41.5 Å². The number of hydrogen-bond donors (Lipinski definition) is 1. The Balaban J connectivity index is 1.73. The third-order valence-electron chi connectivity index (χ3n) is 6.08. The van der Waals surface area contributed by atoms with Crippen LogP contribution in [-0.4, -0.2) is 36.9 Å². The minimum Gasteiger partial charge on any atom is -0.489 e. The van der Waals surface area contributed by atoms with Crippen molar-refractivity contribution in [3.05, 3.63) is 48.0 Å². The molecule has 0 radical (unpaired) electrons. The van der Waals surface area contributed by atoms with Gasteiger partial charge in [0.15, 0.2) is 0 Å². The maximum atomic E-state index is 14.2. The number of rotatable bonds is 1. The first kappa shape index (κ1) is 16.5. The monoisotopic (exact) mass is 369 g/mol. The van der Waals surface area contributed by atoms with Crippen molar-refractivity contribution >= 4 is 6.02 Å². The highest BCUT2D eigenvalue weighted by atomic mass is 19.1. The molecule has 2 N–H and O–H groups in total. The molecule has 6 nitrogen and oxygen atoms in total. The predicted molar refractivity (Wildman–Crippen MR) is 96.8 cm³/mol. The summed E-state index contributed by atoms with van der Waals surface area (Å²) in [7, 11) is 0. The lowest BCUT2D eigenvalue weighted by atomic mass is 9.61. The number of aromatic nitrogens is 1. The lowest BCUT2D eigenvalue weighted by Crippen LogP contribution is -2.60. The highest BCUT2D eigenvalue weighted by molar-refractivity contribution is 5.76. The van der Waals surface area contributed by atoms with E-state index < -0.39 is 16.9 Å². The Kier molecular flexibility index (Phi) is 3.46. The molecule has 1 spiro atoms. The second-order valence-corrected chi connectivity index (χ2v) is 7.52. The van der Waals surface area contributed by atoms with Gasteiger partial charge in [0.25, 0.3) is 6.02 Å². The van der Waals surface area contributed by atoms with Gasteiger partial charge in [0.05, 0.1) is 18.6 Å². The molecule has 0 bridgehead atoms. The topological polar surface area (TPSA) is 79.0 Å². The van der Waals surface area contributed by atoms with Gasteiger partial charge in [0, 0.05) is 23.7 Å². The van der Waals surface area contributed by atoms with Crippen LogP contribution in [0.1, 0.15) is 18.9 Å². The van der Waals surface area contributed by atoms with Crippen molar-refractivity contribution in [2.45, 2.75) is 25.0 Å². The van der Waals surface area contributed by atoms with E-state index in [1.807, 2.05) is 18.2 Å². The fourth-order valence-electron chi connectivity index (χ4n) is 4.51. The lowest BCUT2D eigenvalue weighted by Gasteiger charge is -2.53. The van der Waals surface area contributed by atoms with Gasteiger partial charge in [-0.15, -0.1) is 0 Å². The molecule has 3 aliphatic heterocycles. The van der Waals surface area contributed by atoms with Gasteiger partial charge in [0.1, 0.15) is 24.0 Å². The summed E-state index contributed by atoms with van der Waals surface area (Å²) < 4.78 is 32.0. The molecule has 3 aliphatic rings. The molecule has 7 heteroatoms. The number of aliphatic imine (C=N–C) groups is 1. The van der Waals surface area contributed by atoms with Crippen LogP contribution in [-0.2, 0) is 15.0 Å². The van der Waals surface area contributed by atoms with E-state index in [0.717, 1.165) is 17.7 Å². The predicted octanol–water partition coefficient (Wildman–Crippen LogP) is 2.62. The smallest absolute Gasteiger partial charge is 0.283 e. The van der Waals surface area contributed by atoms with E-state index in [1.54, 1.807) is 12.1 Å². The summed E-state index contributed by atoms with van der Waals surface area (Å²) in [6.45, 7) is 3.54. The van der Waals surface area contributed by atoms with E-state index in [9.17, 15) is 4.39 Å². The molecule has 3 atom stereocenters. The molecule has 1 aromatic carbocycles. The van der Waals surface area contributed by atoms with E-state index >= 15 is 0 Å². The van der Waals surface area contributed by atoms with Crippen LogP contribution >= 0.6 is 0 Å². The Morgan fingerprint density at radius 1 is 1.26 bits per heavy atom. The van der Waals surface area contributed by atoms with E-state index in [-0.39, 0.29) is 12.1 Å². The van der Waals surface area contributed by atoms with Crippen LogP contribution in [0.5, 0.6) is 5.75 Å². The van der Waals surface area contributed by atoms with Gasteiger partial charge in [-0.2, -0.15) is 4.39 Å². The van der Waals surface area contributed by atoms with Gasteiger partial charge in [-0.1, -0.05) is 13.0 Å². The SMILES string of the molecule is CC12COCCC1Oc1ccc(-c3cccnc3F)cc1C21COC(N)=N1. The maximum Gasteiger partial charge on any atom is 0.283 e. The third-order valence-corrected chi connectivity index (χ3v) is 6.08. The normalized spacial score (nSPS) is 31.5. The molecule has 3 unspecified atom stereocenters. The fourth-order valence-corrected chi connectivity index (χ4v) is 4.51. The van der Waals surface area contributed by atoms with Gasteiger partial charge in [0.2, 0.25) is 5.95 Å². The van der Waals surface area contributed by atoms with Crippen LogP contribution in [0.3, 0.4) is 0 Å². The number of benzene rings is 1. The lowest BCUT2D eigenvalue weighted by molar-refractivity contribution is -0.134. The molecule has 5 rings (SSSR count). The van der Waals surface area contributed by atoms with Crippen molar-refractivity contribution in [2.24, 2.45) is 16.1 Å². The molecule has 140 valence electrons. The third kappa shape index (κ3) is 2.21. The summed E-state index contributed by atoms with van der Waals surface area (Å²) in [6, 6.07) is 9.21. The van der Waals surface area contributed by atoms with Crippen LogP contribution in [0.25, 0.3) is 11.1 Å². The van der Waals surface area contributed by atoms with Crippen molar-refractivity contribution in [1.82, 2.24) is 4.98 Å². The number of nitrogens with zero attached hydrogens (tertiary/aromatic N) is 2. The number of nitrogens with two attached hydrogens (primary N) is 1. The molecule has 0 aliphatic carbocycles. The molecule has 0 amide bonds.